The molecular weight excluding hydrogens is 254 g/mol. The minimum atomic E-state index is -0.163. The van der Waals surface area contributed by atoms with Crippen molar-refractivity contribution in [1.82, 2.24) is 4.90 Å². The van der Waals surface area contributed by atoms with Gasteiger partial charge in [-0.25, -0.2) is 0 Å². The van der Waals surface area contributed by atoms with Gasteiger partial charge in [-0.3, -0.25) is 4.79 Å². The van der Waals surface area contributed by atoms with Gasteiger partial charge in [0.15, 0.2) is 0 Å². The molecule has 0 aliphatic heterocycles. The molecule has 1 amide bonds. The highest BCUT2D eigenvalue weighted by atomic mass is 16.4. The number of amidine groups is 1. The number of rotatable bonds is 6. The molecule has 0 saturated heterocycles. The summed E-state index contributed by atoms with van der Waals surface area (Å²) < 4.78 is 0. The number of hydrogen-bond donors (Lipinski definition) is 2. The average molecular weight is 275 g/mol. The van der Waals surface area contributed by atoms with E-state index >= 15 is 0 Å². The molecule has 1 fully saturated rings. The SMILES string of the molecule is CC(C(=O)N(CC/C(N)=N/O)C1CC1)c1ccccc1. The van der Waals surface area contributed by atoms with Crippen LogP contribution >= 0.6 is 0 Å². The van der Waals surface area contributed by atoms with Crippen molar-refractivity contribution in [3.63, 3.8) is 0 Å². The molecule has 1 aliphatic carbocycles. The predicted octanol–water partition coefficient (Wildman–Crippen LogP) is 1.92. The number of nitrogens with zero attached hydrogens (tertiary/aromatic N) is 2. The molecular formula is C15H21N3O2. The summed E-state index contributed by atoms with van der Waals surface area (Å²) in [5, 5.41) is 11.5. The van der Waals surface area contributed by atoms with Crippen LogP contribution in [-0.2, 0) is 4.79 Å². The van der Waals surface area contributed by atoms with E-state index in [2.05, 4.69) is 5.16 Å². The highest BCUT2D eigenvalue weighted by Gasteiger charge is 2.34. The van der Waals surface area contributed by atoms with Crippen LogP contribution in [0.15, 0.2) is 35.5 Å². The standard InChI is InChI=1S/C15H21N3O2/c1-11(12-5-3-2-4-6-12)15(19)18(13-7-8-13)10-9-14(16)17-20/h2-6,11,13,20H,7-10H2,1H3,(H2,16,17). The van der Waals surface area contributed by atoms with Gasteiger partial charge in [0, 0.05) is 19.0 Å². The molecule has 108 valence electrons. The summed E-state index contributed by atoms with van der Waals surface area (Å²) in [6.07, 6.45) is 2.49. The molecule has 0 spiro atoms. The Bertz CT molecular complexity index is 483. The fourth-order valence-corrected chi connectivity index (χ4v) is 2.28. The lowest BCUT2D eigenvalue weighted by Gasteiger charge is -2.25. The Morgan fingerprint density at radius 2 is 2.10 bits per heavy atom. The summed E-state index contributed by atoms with van der Waals surface area (Å²) in [4.78, 5) is 14.5. The Balaban J connectivity index is 2.03. The van der Waals surface area contributed by atoms with Gasteiger partial charge in [-0.05, 0) is 25.3 Å². The van der Waals surface area contributed by atoms with E-state index < -0.39 is 0 Å². The fraction of sp³-hybridized carbons (Fsp3) is 0.467. The first kappa shape index (κ1) is 14.4. The molecule has 2 rings (SSSR count). The zero-order chi connectivity index (χ0) is 14.5. The molecule has 1 unspecified atom stereocenters. The first-order valence-corrected chi connectivity index (χ1v) is 6.95. The summed E-state index contributed by atoms with van der Waals surface area (Å²) in [7, 11) is 0. The zero-order valence-corrected chi connectivity index (χ0v) is 11.7. The summed E-state index contributed by atoms with van der Waals surface area (Å²) in [5.41, 5.74) is 6.51. The molecule has 1 aromatic rings. The first-order valence-electron chi connectivity index (χ1n) is 6.95. The van der Waals surface area contributed by atoms with E-state index in [-0.39, 0.29) is 17.7 Å². The van der Waals surface area contributed by atoms with Crippen molar-refractivity contribution >= 4 is 11.7 Å². The number of benzene rings is 1. The third-order valence-corrected chi connectivity index (χ3v) is 3.68. The predicted molar refractivity (Wildman–Crippen MR) is 77.6 cm³/mol. The van der Waals surface area contributed by atoms with Crippen molar-refractivity contribution < 1.29 is 10.0 Å². The Kier molecular flexibility index (Phi) is 4.61. The first-order chi connectivity index (χ1) is 9.63. The van der Waals surface area contributed by atoms with Crippen molar-refractivity contribution in [2.45, 2.75) is 38.1 Å². The maximum Gasteiger partial charge on any atom is 0.230 e. The van der Waals surface area contributed by atoms with Crippen LogP contribution in [0.3, 0.4) is 0 Å². The normalized spacial score (nSPS) is 16.8. The third-order valence-electron chi connectivity index (χ3n) is 3.68. The number of carbonyl (C=O) groups excluding carboxylic acids is 1. The van der Waals surface area contributed by atoms with Crippen LogP contribution in [0.4, 0.5) is 0 Å². The lowest BCUT2D eigenvalue weighted by atomic mass is 9.99. The Morgan fingerprint density at radius 1 is 1.45 bits per heavy atom. The van der Waals surface area contributed by atoms with Gasteiger partial charge in [-0.15, -0.1) is 0 Å². The Labute approximate surface area is 119 Å². The molecule has 0 aromatic heterocycles. The maximum atomic E-state index is 12.6. The number of amides is 1. The molecule has 1 atom stereocenters. The van der Waals surface area contributed by atoms with Crippen LogP contribution in [0.2, 0.25) is 0 Å². The van der Waals surface area contributed by atoms with Crippen molar-refractivity contribution in [3.05, 3.63) is 35.9 Å². The summed E-state index contributed by atoms with van der Waals surface area (Å²) in [6.45, 7) is 2.44. The molecule has 1 aromatic carbocycles. The quantitative estimate of drug-likeness (QED) is 0.360. The lowest BCUT2D eigenvalue weighted by Crippen LogP contribution is -2.38. The van der Waals surface area contributed by atoms with Crippen LogP contribution < -0.4 is 5.73 Å². The van der Waals surface area contributed by atoms with Crippen LogP contribution in [0.5, 0.6) is 0 Å². The Morgan fingerprint density at radius 3 is 2.65 bits per heavy atom. The third kappa shape index (κ3) is 3.50. The van der Waals surface area contributed by atoms with Gasteiger partial charge in [0.1, 0.15) is 5.84 Å². The fourth-order valence-electron chi connectivity index (χ4n) is 2.28. The van der Waals surface area contributed by atoms with E-state index in [1.807, 2.05) is 42.2 Å². The van der Waals surface area contributed by atoms with Gasteiger partial charge in [0.25, 0.3) is 0 Å². The van der Waals surface area contributed by atoms with Gasteiger partial charge in [0.2, 0.25) is 5.91 Å². The molecule has 20 heavy (non-hydrogen) atoms. The highest BCUT2D eigenvalue weighted by Crippen LogP contribution is 2.30. The van der Waals surface area contributed by atoms with E-state index in [0.29, 0.717) is 19.0 Å². The smallest absolute Gasteiger partial charge is 0.230 e. The van der Waals surface area contributed by atoms with Crippen LogP contribution in [-0.4, -0.2) is 34.4 Å². The van der Waals surface area contributed by atoms with E-state index in [0.717, 1.165) is 18.4 Å². The van der Waals surface area contributed by atoms with E-state index in [1.54, 1.807) is 0 Å². The minimum Gasteiger partial charge on any atom is -0.409 e. The minimum absolute atomic E-state index is 0.115. The van der Waals surface area contributed by atoms with Crippen LogP contribution in [0.25, 0.3) is 0 Å². The van der Waals surface area contributed by atoms with Crippen LogP contribution in [0, 0.1) is 0 Å². The van der Waals surface area contributed by atoms with Gasteiger partial charge >= 0.3 is 0 Å². The second kappa shape index (κ2) is 6.41. The van der Waals surface area contributed by atoms with E-state index in [4.69, 9.17) is 10.9 Å². The number of oxime groups is 1. The highest BCUT2D eigenvalue weighted by molar-refractivity contribution is 5.85. The molecule has 5 nitrogen and oxygen atoms in total. The molecule has 5 heteroatoms. The van der Waals surface area contributed by atoms with Gasteiger partial charge in [-0.2, -0.15) is 0 Å². The monoisotopic (exact) mass is 275 g/mol. The molecule has 0 radical (unpaired) electrons. The second-order valence-corrected chi connectivity index (χ2v) is 5.24. The van der Waals surface area contributed by atoms with Crippen molar-refractivity contribution in [2.24, 2.45) is 10.9 Å². The molecule has 0 bridgehead atoms. The second-order valence-electron chi connectivity index (χ2n) is 5.24. The summed E-state index contributed by atoms with van der Waals surface area (Å²) >= 11 is 0. The summed E-state index contributed by atoms with van der Waals surface area (Å²) in [5.74, 6) is 0.115. The molecule has 0 heterocycles. The lowest BCUT2D eigenvalue weighted by molar-refractivity contribution is -0.132. The zero-order valence-electron chi connectivity index (χ0n) is 11.7. The number of carbonyl (C=O) groups is 1. The van der Waals surface area contributed by atoms with E-state index in [1.165, 1.54) is 0 Å². The van der Waals surface area contributed by atoms with E-state index in [9.17, 15) is 4.79 Å². The largest absolute Gasteiger partial charge is 0.409 e. The van der Waals surface area contributed by atoms with Gasteiger partial charge in [-0.1, -0.05) is 35.5 Å². The average Bonchev–Trinajstić information content (AvgIpc) is 3.31. The molecule has 1 aliphatic rings. The molecule has 1 saturated carbocycles. The Hall–Kier alpha value is -2.04. The summed E-state index contributed by atoms with van der Waals surface area (Å²) in [6, 6.07) is 10.1. The van der Waals surface area contributed by atoms with Gasteiger partial charge < -0.3 is 15.8 Å². The maximum absolute atomic E-state index is 12.6. The molecule has 3 N–H and O–H groups in total. The van der Waals surface area contributed by atoms with Crippen molar-refractivity contribution in [1.29, 1.82) is 0 Å². The van der Waals surface area contributed by atoms with Gasteiger partial charge in [0.05, 0.1) is 5.92 Å². The topological polar surface area (TPSA) is 78.9 Å². The number of nitrogens with two attached hydrogens (primary N) is 1. The van der Waals surface area contributed by atoms with Crippen molar-refractivity contribution in [2.75, 3.05) is 6.54 Å². The number of hydrogen-bond acceptors (Lipinski definition) is 3. The van der Waals surface area contributed by atoms with Crippen molar-refractivity contribution in [3.8, 4) is 0 Å². The van der Waals surface area contributed by atoms with Crippen LogP contribution in [0.1, 0.15) is 37.7 Å².